The lowest BCUT2D eigenvalue weighted by Gasteiger charge is -2.23. The first-order valence-electron chi connectivity index (χ1n) is 13.3. The van der Waals surface area contributed by atoms with Crippen LogP contribution in [0.5, 0.6) is 11.5 Å². The molecule has 0 amide bonds. The van der Waals surface area contributed by atoms with Gasteiger partial charge in [-0.3, -0.25) is 5.32 Å². The molecule has 0 radical (unpaired) electrons. The van der Waals surface area contributed by atoms with Crippen LogP contribution in [0.25, 0.3) is 21.9 Å². The number of benzene rings is 2. The lowest BCUT2D eigenvalue weighted by molar-refractivity contribution is 0.140. The largest absolute Gasteiger partial charge is 0.493 e. The van der Waals surface area contributed by atoms with Crippen LogP contribution in [0.2, 0.25) is 0 Å². The molecule has 2 aliphatic carbocycles. The molecular weight excluding hydrogens is 506 g/mol. The average molecular weight is 538 g/mol. The van der Waals surface area contributed by atoms with Crippen molar-refractivity contribution in [3.05, 3.63) is 79.5 Å². The molecule has 7 nitrogen and oxygen atoms in total. The molecule has 200 valence electrons. The van der Waals surface area contributed by atoms with Crippen LogP contribution in [-0.4, -0.2) is 19.9 Å². The highest BCUT2D eigenvalue weighted by atomic mass is 35.5. The van der Waals surface area contributed by atoms with Crippen LogP contribution in [0.15, 0.2) is 54.8 Å². The normalized spacial score (nSPS) is 15.4. The van der Waals surface area contributed by atoms with E-state index in [0.29, 0.717) is 29.9 Å². The fraction of sp³-hybridized carbons (Fsp3) is 0.400. The molecule has 1 atom stereocenters. The van der Waals surface area contributed by atoms with Crippen LogP contribution in [-0.2, 0) is 25.7 Å². The van der Waals surface area contributed by atoms with Crippen molar-refractivity contribution in [2.75, 3.05) is 13.7 Å². The molecule has 0 bridgehead atoms. The molecule has 1 N–H and O–H groups in total. The van der Waals surface area contributed by atoms with Crippen molar-refractivity contribution in [3.8, 4) is 11.5 Å². The molecule has 0 spiro atoms. The lowest BCUT2D eigenvalue weighted by atomic mass is 9.90. The van der Waals surface area contributed by atoms with Gasteiger partial charge in [-0.1, -0.05) is 12.1 Å². The van der Waals surface area contributed by atoms with Crippen molar-refractivity contribution in [1.29, 1.82) is 0 Å². The zero-order chi connectivity index (χ0) is 25.4. The Labute approximate surface area is 226 Å². The van der Waals surface area contributed by atoms with Crippen LogP contribution in [0.1, 0.15) is 54.4 Å². The molecule has 4 aromatic rings. The third-order valence-electron chi connectivity index (χ3n) is 7.64. The summed E-state index contributed by atoms with van der Waals surface area (Å²) < 4.78 is 23.9. The van der Waals surface area contributed by atoms with Gasteiger partial charge in [0.15, 0.2) is 6.23 Å². The molecule has 2 aromatic carbocycles. The lowest BCUT2D eigenvalue weighted by Crippen LogP contribution is -2.33. The number of halogens is 1. The minimum absolute atomic E-state index is 0. The fourth-order valence-corrected chi connectivity index (χ4v) is 5.83. The molecule has 0 aliphatic heterocycles. The Morgan fingerprint density at radius 2 is 1.26 bits per heavy atom. The van der Waals surface area contributed by atoms with E-state index >= 15 is 0 Å². The Hall–Kier alpha value is -3.29. The minimum atomic E-state index is -0.307. The van der Waals surface area contributed by atoms with E-state index in [4.69, 9.17) is 18.3 Å². The molecule has 8 heteroatoms. The zero-order valence-electron chi connectivity index (χ0n) is 21.5. The van der Waals surface area contributed by atoms with Crippen LogP contribution in [0.3, 0.4) is 0 Å². The summed E-state index contributed by atoms with van der Waals surface area (Å²) in [5, 5.41) is 5.04. The Kier molecular flexibility index (Phi) is 7.77. The molecule has 0 saturated carbocycles. The van der Waals surface area contributed by atoms with Gasteiger partial charge >= 0.3 is 11.3 Å². The number of rotatable bonds is 7. The van der Waals surface area contributed by atoms with Crippen molar-refractivity contribution in [1.82, 2.24) is 5.32 Å². The summed E-state index contributed by atoms with van der Waals surface area (Å²) in [6.07, 6.45) is 7.63. The van der Waals surface area contributed by atoms with Crippen molar-refractivity contribution in [2.24, 2.45) is 0 Å². The maximum absolute atomic E-state index is 12.5. The van der Waals surface area contributed by atoms with Gasteiger partial charge in [0.05, 0.1) is 17.4 Å². The Morgan fingerprint density at radius 1 is 0.763 bits per heavy atom. The Bertz CT molecular complexity index is 1590. The first-order chi connectivity index (χ1) is 18.1. The van der Waals surface area contributed by atoms with Crippen LogP contribution < -0.4 is 26.0 Å². The van der Waals surface area contributed by atoms with Crippen molar-refractivity contribution >= 4 is 34.3 Å². The summed E-state index contributed by atoms with van der Waals surface area (Å²) in [6, 6.07) is 11.2. The van der Waals surface area contributed by atoms with E-state index in [1.54, 1.807) is 0 Å². The maximum atomic E-state index is 12.5. The molecule has 1 unspecified atom stereocenters. The SMILES string of the molecule is CNC(CCOc1cccc2oc(=O)c3c(c12)CCCC3)Oc1cccc2oc(=O)c3c(c12)CCCC3.Cl. The van der Waals surface area contributed by atoms with Crippen molar-refractivity contribution in [3.63, 3.8) is 0 Å². The van der Waals surface area contributed by atoms with E-state index < -0.39 is 0 Å². The van der Waals surface area contributed by atoms with Gasteiger partial charge in [-0.15, -0.1) is 12.4 Å². The maximum Gasteiger partial charge on any atom is 0.339 e. The molecule has 0 fully saturated rings. The third-order valence-corrected chi connectivity index (χ3v) is 7.64. The van der Waals surface area contributed by atoms with Gasteiger partial charge < -0.3 is 18.3 Å². The van der Waals surface area contributed by atoms with Gasteiger partial charge in [-0.2, -0.15) is 0 Å². The number of fused-ring (bicyclic) bond motifs is 6. The summed E-state index contributed by atoms with van der Waals surface area (Å²) in [7, 11) is 1.86. The highest BCUT2D eigenvalue weighted by Crippen LogP contribution is 2.35. The first-order valence-corrected chi connectivity index (χ1v) is 13.3. The summed E-state index contributed by atoms with van der Waals surface area (Å²) in [5.74, 6) is 1.44. The van der Waals surface area contributed by atoms with Crippen molar-refractivity contribution < 1.29 is 18.3 Å². The van der Waals surface area contributed by atoms with Gasteiger partial charge in [-0.05, 0) is 93.8 Å². The zero-order valence-corrected chi connectivity index (χ0v) is 22.3. The number of hydrogen-bond acceptors (Lipinski definition) is 7. The molecule has 0 saturated heterocycles. The Balaban J connectivity index is 0.00000294. The van der Waals surface area contributed by atoms with Gasteiger partial charge in [0.2, 0.25) is 0 Å². The quantitative estimate of drug-likeness (QED) is 0.247. The average Bonchev–Trinajstić information content (AvgIpc) is 2.92. The van der Waals surface area contributed by atoms with Crippen LogP contribution in [0.4, 0.5) is 0 Å². The predicted octanol–water partition coefficient (Wildman–Crippen LogP) is 5.47. The van der Waals surface area contributed by atoms with E-state index in [1.165, 1.54) is 0 Å². The van der Waals surface area contributed by atoms with E-state index in [9.17, 15) is 9.59 Å². The molecule has 2 heterocycles. The van der Waals surface area contributed by atoms with E-state index in [0.717, 1.165) is 90.1 Å². The number of nitrogens with one attached hydrogen (secondary N) is 1. The van der Waals surface area contributed by atoms with E-state index in [1.807, 2.05) is 43.4 Å². The minimum Gasteiger partial charge on any atom is -0.493 e. The van der Waals surface area contributed by atoms with Gasteiger partial charge in [0, 0.05) is 17.5 Å². The van der Waals surface area contributed by atoms with Gasteiger partial charge in [-0.25, -0.2) is 9.59 Å². The first kappa shape index (κ1) is 26.3. The predicted molar refractivity (Wildman–Crippen MR) is 149 cm³/mol. The van der Waals surface area contributed by atoms with E-state index in [-0.39, 0.29) is 29.9 Å². The van der Waals surface area contributed by atoms with Crippen LogP contribution >= 0.6 is 12.4 Å². The highest BCUT2D eigenvalue weighted by molar-refractivity contribution is 5.88. The molecular formula is C30H32ClNO6. The smallest absolute Gasteiger partial charge is 0.339 e. The van der Waals surface area contributed by atoms with E-state index in [2.05, 4.69) is 5.32 Å². The Morgan fingerprint density at radius 3 is 1.82 bits per heavy atom. The second-order valence-corrected chi connectivity index (χ2v) is 9.90. The number of aryl methyl sites for hydroxylation is 2. The summed E-state index contributed by atoms with van der Waals surface area (Å²) in [6.45, 7) is 0.413. The fourth-order valence-electron chi connectivity index (χ4n) is 5.83. The highest BCUT2D eigenvalue weighted by Gasteiger charge is 2.23. The summed E-state index contributed by atoms with van der Waals surface area (Å²) in [4.78, 5) is 24.9. The van der Waals surface area contributed by atoms with Gasteiger partial charge in [0.25, 0.3) is 0 Å². The second-order valence-electron chi connectivity index (χ2n) is 9.90. The standard InChI is InChI=1S/C30H31NO6.ClH/c1-31-26(35-23-13-7-15-25-28(23)19-9-3-5-11-21(19)30(33)37-25)16-17-34-22-12-6-14-24-27(22)18-8-2-4-10-20(18)29(32)36-24;/h6-7,12-15,26,31H,2-5,8-11,16-17H2,1H3;1H. The molecule has 2 aromatic heterocycles. The second kappa shape index (κ2) is 11.2. The van der Waals surface area contributed by atoms with Gasteiger partial charge in [0.1, 0.15) is 22.7 Å². The molecule has 6 rings (SSSR count). The summed E-state index contributed by atoms with van der Waals surface area (Å²) >= 11 is 0. The van der Waals surface area contributed by atoms with Crippen molar-refractivity contribution in [2.45, 2.75) is 64.0 Å². The molecule has 2 aliphatic rings. The number of hydrogen-bond donors (Lipinski definition) is 1. The third kappa shape index (κ3) is 4.81. The van der Waals surface area contributed by atoms with Crippen LogP contribution in [0, 0.1) is 0 Å². The monoisotopic (exact) mass is 537 g/mol. The number of ether oxygens (including phenoxy) is 2. The topological polar surface area (TPSA) is 90.9 Å². The molecule has 38 heavy (non-hydrogen) atoms. The summed E-state index contributed by atoms with van der Waals surface area (Å²) in [5.41, 5.74) is 4.38.